The van der Waals surface area contributed by atoms with E-state index in [2.05, 4.69) is 15.3 Å². The molecule has 0 aliphatic carbocycles. The number of amides is 2. The van der Waals surface area contributed by atoms with E-state index in [0.717, 1.165) is 23.9 Å². The van der Waals surface area contributed by atoms with Gasteiger partial charge in [0.05, 0.1) is 23.9 Å². The number of benzene rings is 1. The Labute approximate surface area is 150 Å². The number of aromatic nitrogens is 2. The lowest BCUT2D eigenvalue weighted by Crippen LogP contribution is -2.49. The molecule has 26 heavy (non-hydrogen) atoms. The molecule has 2 aliphatic heterocycles. The molecule has 0 radical (unpaired) electrons. The van der Waals surface area contributed by atoms with Crippen molar-refractivity contribution in [1.29, 1.82) is 0 Å². The van der Waals surface area contributed by atoms with Gasteiger partial charge in [0, 0.05) is 12.2 Å². The molecule has 1 spiro atoms. The van der Waals surface area contributed by atoms with E-state index in [0.29, 0.717) is 19.4 Å². The highest BCUT2D eigenvalue weighted by Gasteiger charge is 2.58. The van der Waals surface area contributed by atoms with Gasteiger partial charge in [-0.15, -0.1) is 0 Å². The van der Waals surface area contributed by atoms with Crippen molar-refractivity contribution in [2.45, 2.75) is 37.6 Å². The fourth-order valence-electron chi connectivity index (χ4n) is 4.36. The van der Waals surface area contributed by atoms with Crippen molar-refractivity contribution in [3.05, 3.63) is 58.3 Å². The average Bonchev–Trinajstić information content (AvgIpc) is 3.15. The number of nitrogens with one attached hydrogen (secondary N) is 2. The van der Waals surface area contributed by atoms with E-state index < -0.39 is 11.0 Å². The number of carbonyl (C=O) groups excluding carboxylic acids is 2. The molecule has 1 aromatic carbocycles. The number of likely N-dealkylation sites (tertiary alicyclic amines) is 1. The number of anilines is 1. The van der Waals surface area contributed by atoms with E-state index in [1.54, 1.807) is 4.90 Å². The molecule has 1 aromatic heterocycles. The Morgan fingerprint density at radius 1 is 1.31 bits per heavy atom. The summed E-state index contributed by atoms with van der Waals surface area (Å²) in [5.41, 5.74) is 0.786. The van der Waals surface area contributed by atoms with E-state index >= 15 is 0 Å². The van der Waals surface area contributed by atoms with Gasteiger partial charge < -0.3 is 15.2 Å². The first-order valence-corrected chi connectivity index (χ1v) is 8.84. The number of aromatic amines is 1. The standard InChI is InChI=1S/C19H20N4O3/c1-2-5-15-19(12-6-3-4-7-13(12)22-18(19)26)8-9-23(15)17(25)14-10-20-11-16(24)21-14/h3-4,6-7,10-11,15H,2,5,8-9H2,1H3,(H,21,24)(H,22,26)/t15-,19+/m0/s1. The van der Waals surface area contributed by atoms with Crippen molar-refractivity contribution in [2.24, 2.45) is 0 Å². The number of carbonyl (C=O) groups is 2. The molecule has 1 fully saturated rings. The SMILES string of the molecule is CCC[C@@H]1N(C(=O)c2cncc(=O)[nH]2)CC[C@]12C(=O)Nc1ccccc12. The van der Waals surface area contributed by atoms with E-state index in [1.807, 2.05) is 31.2 Å². The van der Waals surface area contributed by atoms with Gasteiger partial charge in [0.1, 0.15) is 5.69 Å². The fraction of sp³-hybridized carbons (Fsp3) is 0.368. The van der Waals surface area contributed by atoms with Gasteiger partial charge in [-0.2, -0.15) is 0 Å². The van der Waals surface area contributed by atoms with Gasteiger partial charge in [-0.3, -0.25) is 19.4 Å². The first-order chi connectivity index (χ1) is 12.6. The number of para-hydroxylation sites is 1. The molecular formula is C19H20N4O3. The Balaban J connectivity index is 1.77. The molecule has 1 saturated heterocycles. The zero-order valence-electron chi connectivity index (χ0n) is 14.5. The van der Waals surface area contributed by atoms with Gasteiger partial charge in [-0.25, -0.2) is 0 Å². The average molecular weight is 352 g/mol. The lowest BCUT2D eigenvalue weighted by Gasteiger charge is -2.33. The zero-order chi connectivity index (χ0) is 18.3. The van der Waals surface area contributed by atoms with Crippen LogP contribution in [-0.4, -0.2) is 39.3 Å². The highest BCUT2D eigenvalue weighted by molar-refractivity contribution is 6.08. The summed E-state index contributed by atoms with van der Waals surface area (Å²) < 4.78 is 0. The minimum atomic E-state index is -0.731. The largest absolute Gasteiger partial charge is 0.333 e. The summed E-state index contributed by atoms with van der Waals surface area (Å²) in [7, 11) is 0. The molecule has 4 rings (SSSR count). The summed E-state index contributed by atoms with van der Waals surface area (Å²) in [5, 5.41) is 2.98. The number of hydrogen-bond donors (Lipinski definition) is 2. The Hall–Kier alpha value is -2.96. The third-order valence-electron chi connectivity index (χ3n) is 5.46. The quantitative estimate of drug-likeness (QED) is 0.878. The van der Waals surface area contributed by atoms with Crippen LogP contribution >= 0.6 is 0 Å². The summed E-state index contributed by atoms with van der Waals surface area (Å²) in [6.07, 6.45) is 4.61. The Morgan fingerprint density at radius 3 is 2.88 bits per heavy atom. The normalized spacial score (nSPS) is 24.0. The molecule has 2 amide bonds. The number of nitrogens with zero attached hydrogens (tertiary/aromatic N) is 2. The fourth-order valence-corrected chi connectivity index (χ4v) is 4.36. The topological polar surface area (TPSA) is 95.2 Å². The van der Waals surface area contributed by atoms with Gasteiger partial charge in [-0.1, -0.05) is 31.5 Å². The summed E-state index contributed by atoms with van der Waals surface area (Å²) in [6.45, 7) is 2.50. The smallest absolute Gasteiger partial charge is 0.272 e. The van der Waals surface area contributed by atoms with E-state index in [-0.39, 0.29) is 23.6 Å². The maximum Gasteiger partial charge on any atom is 0.272 e. The Kier molecular flexibility index (Phi) is 3.86. The second-order valence-corrected chi connectivity index (χ2v) is 6.83. The molecular weight excluding hydrogens is 332 g/mol. The summed E-state index contributed by atoms with van der Waals surface area (Å²) in [6, 6.07) is 7.43. The maximum atomic E-state index is 13.0. The van der Waals surface area contributed by atoms with Crippen LogP contribution in [0.5, 0.6) is 0 Å². The summed E-state index contributed by atoms with van der Waals surface area (Å²) >= 11 is 0. The number of fused-ring (bicyclic) bond motifs is 2. The molecule has 0 saturated carbocycles. The summed E-state index contributed by atoms with van der Waals surface area (Å²) in [5.74, 6) is -0.338. The van der Waals surface area contributed by atoms with Crippen LogP contribution in [0.25, 0.3) is 0 Å². The van der Waals surface area contributed by atoms with Crippen molar-refractivity contribution in [1.82, 2.24) is 14.9 Å². The van der Waals surface area contributed by atoms with Crippen molar-refractivity contribution in [3.63, 3.8) is 0 Å². The monoisotopic (exact) mass is 352 g/mol. The van der Waals surface area contributed by atoms with Gasteiger partial charge in [-0.05, 0) is 24.5 Å². The summed E-state index contributed by atoms with van der Waals surface area (Å²) in [4.78, 5) is 45.6. The molecule has 7 nitrogen and oxygen atoms in total. The van der Waals surface area contributed by atoms with Crippen molar-refractivity contribution < 1.29 is 9.59 Å². The van der Waals surface area contributed by atoms with Gasteiger partial charge >= 0.3 is 0 Å². The van der Waals surface area contributed by atoms with Gasteiger partial charge in [0.15, 0.2) is 0 Å². The number of H-pyrrole nitrogens is 1. The molecule has 3 heterocycles. The molecule has 2 aromatic rings. The van der Waals surface area contributed by atoms with Crippen LogP contribution in [0.2, 0.25) is 0 Å². The number of hydrogen-bond acceptors (Lipinski definition) is 4. The maximum absolute atomic E-state index is 13.0. The Bertz CT molecular complexity index is 938. The minimum Gasteiger partial charge on any atom is -0.333 e. The van der Waals surface area contributed by atoms with Crippen LogP contribution in [0.3, 0.4) is 0 Å². The van der Waals surface area contributed by atoms with Gasteiger partial charge in [0.2, 0.25) is 5.91 Å². The molecule has 0 bridgehead atoms. The van der Waals surface area contributed by atoms with Crippen LogP contribution < -0.4 is 10.9 Å². The lowest BCUT2D eigenvalue weighted by atomic mass is 9.73. The van der Waals surface area contributed by atoms with E-state index in [1.165, 1.54) is 6.20 Å². The van der Waals surface area contributed by atoms with Crippen molar-refractivity contribution in [2.75, 3.05) is 11.9 Å². The van der Waals surface area contributed by atoms with Crippen LogP contribution in [0, 0.1) is 0 Å². The van der Waals surface area contributed by atoms with Crippen LogP contribution in [0.1, 0.15) is 42.2 Å². The van der Waals surface area contributed by atoms with Crippen LogP contribution in [0.15, 0.2) is 41.5 Å². The highest BCUT2D eigenvalue weighted by Crippen LogP contribution is 2.49. The van der Waals surface area contributed by atoms with Crippen molar-refractivity contribution in [3.8, 4) is 0 Å². The third-order valence-corrected chi connectivity index (χ3v) is 5.46. The Morgan fingerprint density at radius 2 is 2.12 bits per heavy atom. The zero-order valence-corrected chi connectivity index (χ0v) is 14.5. The predicted molar refractivity (Wildman–Crippen MR) is 96.0 cm³/mol. The molecule has 7 heteroatoms. The van der Waals surface area contributed by atoms with Crippen LogP contribution in [0.4, 0.5) is 5.69 Å². The first-order valence-electron chi connectivity index (χ1n) is 8.84. The molecule has 2 atom stereocenters. The van der Waals surface area contributed by atoms with Crippen molar-refractivity contribution >= 4 is 17.5 Å². The molecule has 2 aliphatic rings. The molecule has 2 N–H and O–H groups in total. The second-order valence-electron chi connectivity index (χ2n) is 6.83. The number of rotatable bonds is 3. The lowest BCUT2D eigenvalue weighted by molar-refractivity contribution is -0.121. The van der Waals surface area contributed by atoms with E-state index in [4.69, 9.17) is 0 Å². The highest BCUT2D eigenvalue weighted by atomic mass is 16.2. The van der Waals surface area contributed by atoms with Gasteiger partial charge in [0.25, 0.3) is 11.5 Å². The first kappa shape index (κ1) is 16.5. The minimum absolute atomic E-state index is 0.0490. The van der Waals surface area contributed by atoms with E-state index in [9.17, 15) is 14.4 Å². The molecule has 134 valence electrons. The van der Waals surface area contributed by atoms with Crippen LogP contribution in [-0.2, 0) is 10.2 Å². The third kappa shape index (κ3) is 2.27. The predicted octanol–water partition coefficient (Wildman–Crippen LogP) is 1.67. The second kappa shape index (κ2) is 6.09. The molecule has 0 unspecified atom stereocenters.